The van der Waals surface area contributed by atoms with Gasteiger partial charge in [0.1, 0.15) is 11.4 Å². The number of aryl methyl sites for hydroxylation is 2. The summed E-state index contributed by atoms with van der Waals surface area (Å²) in [6, 6.07) is 4.10. The quantitative estimate of drug-likeness (QED) is 0.679. The summed E-state index contributed by atoms with van der Waals surface area (Å²) >= 11 is 6.08. The van der Waals surface area contributed by atoms with Gasteiger partial charge >= 0.3 is 5.97 Å². The van der Waals surface area contributed by atoms with Gasteiger partial charge in [0, 0.05) is 18.3 Å². The Hall–Kier alpha value is -3.20. The summed E-state index contributed by atoms with van der Waals surface area (Å²) < 4.78 is 16.1. The number of hydrogen-bond acceptors (Lipinski definition) is 4. The lowest BCUT2D eigenvalue weighted by Crippen LogP contribution is -2.17. The highest BCUT2D eigenvalue weighted by Crippen LogP contribution is 2.24. The van der Waals surface area contributed by atoms with E-state index in [-0.39, 0.29) is 22.8 Å². The van der Waals surface area contributed by atoms with Crippen LogP contribution in [0.5, 0.6) is 0 Å². The third-order valence-corrected chi connectivity index (χ3v) is 4.58. The molecule has 1 aromatic carbocycles. The van der Waals surface area contributed by atoms with Crippen LogP contribution in [0.2, 0.25) is 5.02 Å². The molecule has 8 nitrogen and oxygen atoms in total. The summed E-state index contributed by atoms with van der Waals surface area (Å²) in [6.07, 6.45) is 1.26. The van der Waals surface area contributed by atoms with Crippen molar-refractivity contribution in [2.75, 3.05) is 5.32 Å². The van der Waals surface area contributed by atoms with Gasteiger partial charge < -0.3 is 10.4 Å². The fourth-order valence-electron chi connectivity index (χ4n) is 2.83. The molecule has 0 radical (unpaired) electrons. The molecule has 2 heterocycles. The number of aromatic nitrogens is 4. The summed E-state index contributed by atoms with van der Waals surface area (Å²) in [5.74, 6) is -2.32. The molecule has 2 N–H and O–H groups in total. The zero-order valence-electron chi connectivity index (χ0n) is 15.3. The average Bonchev–Trinajstić information content (AvgIpc) is 3.13. The molecule has 3 rings (SSSR count). The molecule has 0 saturated carbocycles. The Bertz CT molecular complexity index is 1090. The van der Waals surface area contributed by atoms with Crippen LogP contribution in [0.25, 0.3) is 0 Å². The third kappa shape index (κ3) is 3.74. The largest absolute Gasteiger partial charge is 0.478 e. The van der Waals surface area contributed by atoms with Gasteiger partial charge in [0.2, 0.25) is 0 Å². The van der Waals surface area contributed by atoms with Crippen molar-refractivity contribution in [1.82, 2.24) is 19.6 Å². The molecule has 3 aromatic rings. The number of aromatic carboxylic acids is 1. The normalized spacial score (nSPS) is 10.9. The van der Waals surface area contributed by atoms with Crippen LogP contribution in [-0.2, 0) is 13.6 Å². The first-order valence-corrected chi connectivity index (χ1v) is 8.61. The highest BCUT2D eigenvalue weighted by atomic mass is 35.5. The number of amides is 1. The number of nitrogens with one attached hydrogen (secondary N) is 1. The number of benzene rings is 1. The van der Waals surface area contributed by atoms with Crippen molar-refractivity contribution in [3.8, 4) is 0 Å². The Morgan fingerprint density at radius 2 is 2.00 bits per heavy atom. The molecule has 0 saturated heterocycles. The molecular weight excluding hydrogens is 389 g/mol. The van der Waals surface area contributed by atoms with Gasteiger partial charge in [-0.3, -0.25) is 14.2 Å². The molecule has 0 aliphatic heterocycles. The maximum atomic E-state index is 13.2. The molecule has 10 heteroatoms. The highest BCUT2D eigenvalue weighted by Gasteiger charge is 2.23. The van der Waals surface area contributed by atoms with E-state index in [4.69, 9.17) is 11.6 Å². The van der Waals surface area contributed by atoms with Gasteiger partial charge in [0.15, 0.2) is 5.69 Å². The molecule has 1 amide bonds. The second-order valence-electron chi connectivity index (χ2n) is 6.26. The standard InChI is InChI=1S/C18H17ClFN5O3/c1-9-15(21-17(26)16-13(18(27)28)8-24(3)23-16)10(2)25(22-9)7-11-4-5-12(20)6-14(11)19/h4-6,8H,7H2,1-3H3,(H,21,26)(H,27,28). The van der Waals surface area contributed by atoms with E-state index >= 15 is 0 Å². The zero-order valence-corrected chi connectivity index (χ0v) is 16.1. The Balaban J connectivity index is 1.88. The van der Waals surface area contributed by atoms with Gasteiger partial charge in [-0.05, 0) is 31.5 Å². The number of nitrogens with zero attached hydrogens (tertiary/aromatic N) is 4. The predicted molar refractivity (Wildman–Crippen MR) is 100 cm³/mol. The van der Waals surface area contributed by atoms with Crippen molar-refractivity contribution in [1.29, 1.82) is 0 Å². The molecule has 0 aliphatic carbocycles. The summed E-state index contributed by atoms with van der Waals surface area (Å²) in [6.45, 7) is 3.75. The first kappa shape index (κ1) is 19.6. The van der Waals surface area contributed by atoms with E-state index in [1.54, 1.807) is 24.6 Å². The Kier molecular flexibility index (Phi) is 5.19. The number of halogens is 2. The minimum absolute atomic E-state index is 0.192. The van der Waals surface area contributed by atoms with Crippen molar-refractivity contribution in [2.24, 2.45) is 7.05 Å². The topological polar surface area (TPSA) is 102 Å². The first-order valence-electron chi connectivity index (χ1n) is 8.23. The van der Waals surface area contributed by atoms with Crippen LogP contribution in [0, 0.1) is 19.7 Å². The Labute approximate surface area is 164 Å². The smallest absolute Gasteiger partial charge is 0.339 e. The van der Waals surface area contributed by atoms with Crippen molar-refractivity contribution < 1.29 is 19.1 Å². The van der Waals surface area contributed by atoms with Crippen LogP contribution >= 0.6 is 11.6 Å². The van der Waals surface area contributed by atoms with Gasteiger partial charge in [0.05, 0.1) is 23.6 Å². The molecule has 0 unspecified atom stereocenters. The minimum Gasteiger partial charge on any atom is -0.478 e. The van der Waals surface area contributed by atoms with Crippen molar-refractivity contribution in [3.05, 3.63) is 63.4 Å². The fourth-order valence-corrected chi connectivity index (χ4v) is 3.06. The van der Waals surface area contributed by atoms with E-state index in [0.717, 1.165) is 0 Å². The summed E-state index contributed by atoms with van der Waals surface area (Å²) in [5, 5.41) is 20.5. The van der Waals surface area contributed by atoms with E-state index < -0.39 is 17.7 Å². The number of anilines is 1. The molecule has 28 heavy (non-hydrogen) atoms. The molecule has 0 fully saturated rings. The molecule has 0 atom stereocenters. The number of rotatable bonds is 5. The van der Waals surface area contributed by atoms with Crippen LogP contribution in [0.1, 0.15) is 37.8 Å². The van der Waals surface area contributed by atoms with Crippen molar-refractivity contribution in [2.45, 2.75) is 20.4 Å². The zero-order chi connectivity index (χ0) is 20.6. The summed E-state index contributed by atoms with van der Waals surface area (Å²) in [5.41, 5.74) is 1.91. The van der Waals surface area contributed by atoms with Gasteiger partial charge in [0.25, 0.3) is 5.91 Å². The van der Waals surface area contributed by atoms with Crippen molar-refractivity contribution in [3.63, 3.8) is 0 Å². The SMILES string of the molecule is Cc1nn(Cc2ccc(F)cc2Cl)c(C)c1NC(=O)c1nn(C)cc1C(=O)O. The number of carboxylic acid groups (broad SMARTS) is 1. The first-order chi connectivity index (χ1) is 13.2. The highest BCUT2D eigenvalue weighted by molar-refractivity contribution is 6.31. The minimum atomic E-state index is -1.24. The van der Waals surface area contributed by atoms with Gasteiger partial charge in [-0.1, -0.05) is 17.7 Å². The molecule has 146 valence electrons. The number of hydrogen-bond donors (Lipinski definition) is 2. The van der Waals surface area contributed by atoms with E-state index in [1.165, 1.54) is 30.1 Å². The monoisotopic (exact) mass is 405 g/mol. The van der Waals surface area contributed by atoms with Crippen LogP contribution in [0.4, 0.5) is 10.1 Å². The van der Waals surface area contributed by atoms with Gasteiger partial charge in [-0.2, -0.15) is 10.2 Å². The van der Waals surface area contributed by atoms with E-state index in [9.17, 15) is 19.1 Å². The van der Waals surface area contributed by atoms with Gasteiger partial charge in [-0.15, -0.1) is 0 Å². The molecule has 2 aromatic heterocycles. The maximum absolute atomic E-state index is 13.2. The van der Waals surface area contributed by atoms with E-state index in [2.05, 4.69) is 15.5 Å². The van der Waals surface area contributed by atoms with Crippen LogP contribution in [0.3, 0.4) is 0 Å². The van der Waals surface area contributed by atoms with Crippen molar-refractivity contribution >= 4 is 29.2 Å². The second kappa shape index (κ2) is 7.43. The average molecular weight is 406 g/mol. The lowest BCUT2D eigenvalue weighted by Gasteiger charge is -2.08. The van der Waals surface area contributed by atoms with Crippen LogP contribution in [-0.4, -0.2) is 36.5 Å². The fraction of sp³-hybridized carbons (Fsp3) is 0.222. The number of carbonyl (C=O) groups is 2. The maximum Gasteiger partial charge on any atom is 0.339 e. The second-order valence-corrected chi connectivity index (χ2v) is 6.67. The Morgan fingerprint density at radius 3 is 2.64 bits per heavy atom. The van der Waals surface area contributed by atoms with Crippen LogP contribution < -0.4 is 5.32 Å². The van der Waals surface area contributed by atoms with E-state index in [0.29, 0.717) is 22.6 Å². The molecule has 0 aliphatic rings. The van der Waals surface area contributed by atoms with Gasteiger partial charge in [-0.25, -0.2) is 9.18 Å². The molecular formula is C18H17ClFN5O3. The third-order valence-electron chi connectivity index (χ3n) is 4.23. The number of carbonyl (C=O) groups excluding carboxylic acids is 1. The van der Waals surface area contributed by atoms with Crippen LogP contribution in [0.15, 0.2) is 24.4 Å². The summed E-state index contributed by atoms with van der Waals surface area (Å²) in [4.78, 5) is 23.9. The molecule has 0 bridgehead atoms. The lowest BCUT2D eigenvalue weighted by atomic mass is 10.2. The lowest BCUT2D eigenvalue weighted by molar-refractivity contribution is 0.0692. The van der Waals surface area contributed by atoms with E-state index in [1.807, 2.05) is 0 Å². The Morgan fingerprint density at radius 1 is 1.29 bits per heavy atom. The number of carboxylic acids is 1. The predicted octanol–water partition coefficient (Wildman–Crippen LogP) is 3.02. The molecule has 0 spiro atoms. The summed E-state index contributed by atoms with van der Waals surface area (Å²) in [7, 11) is 1.53.